The fourth-order valence-electron chi connectivity index (χ4n) is 1.48. The zero-order valence-corrected chi connectivity index (χ0v) is 11.3. The molecular weight excluding hydrogens is 256 g/mol. The number of ether oxygens (including phenoxy) is 1. The van der Waals surface area contributed by atoms with E-state index in [4.69, 9.17) is 10.00 Å². The first kappa shape index (κ1) is 13.7. The molecule has 0 fully saturated rings. The van der Waals surface area contributed by atoms with Crippen molar-refractivity contribution in [2.75, 3.05) is 19.0 Å². The van der Waals surface area contributed by atoms with Crippen LogP contribution in [0.4, 0.5) is 5.95 Å². The molecule has 20 heavy (non-hydrogen) atoms. The summed E-state index contributed by atoms with van der Waals surface area (Å²) in [5.74, 6) is 0.823. The van der Waals surface area contributed by atoms with E-state index in [0.29, 0.717) is 29.5 Å². The van der Waals surface area contributed by atoms with Crippen molar-refractivity contribution in [2.24, 2.45) is 0 Å². The van der Waals surface area contributed by atoms with Crippen molar-refractivity contribution in [1.82, 2.24) is 19.9 Å². The second-order valence-corrected chi connectivity index (χ2v) is 3.94. The van der Waals surface area contributed by atoms with Crippen molar-refractivity contribution >= 4 is 5.95 Å². The molecule has 0 aliphatic rings. The summed E-state index contributed by atoms with van der Waals surface area (Å²) >= 11 is 0. The van der Waals surface area contributed by atoms with Gasteiger partial charge >= 0.3 is 6.01 Å². The van der Waals surface area contributed by atoms with Crippen molar-refractivity contribution < 1.29 is 4.74 Å². The molecule has 0 bridgehead atoms. The number of pyridine rings is 1. The minimum absolute atomic E-state index is 0.253. The van der Waals surface area contributed by atoms with Gasteiger partial charge in [-0.05, 0) is 12.5 Å². The van der Waals surface area contributed by atoms with Gasteiger partial charge in [-0.1, -0.05) is 6.92 Å². The topological polar surface area (TPSA) is 96.6 Å². The number of nitrogens with one attached hydrogen (secondary N) is 1. The molecule has 1 N–H and O–H groups in total. The van der Waals surface area contributed by atoms with E-state index in [1.54, 1.807) is 19.3 Å². The number of hydrogen-bond donors (Lipinski definition) is 1. The zero-order valence-electron chi connectivity index (χ0n) is 11.3. The van der Waals surface area contributed by atoms with Gasteiger partial charge in [0.25, 0.3) is 0 Å². The van der Waals surface area contributed by atoms with Crippen LogP contribution in [0.3, 0.4) is 0 Å². The Hall–Kier alpha value is -2.75. The Balaban J connectivity index is 2.41. The maximum atomic E-state index is 8.90. The molecule has 0 aliphatic heterocycles. The average molecular weight is 270 g/mol. The van der Waals surface area contributed by atoms with Crippen molar-refractivity contribution in [2.45, 2.75) is 13.3 Å². The van der Waals surface area contributed by atoms with Crippen molar-refractivity contribution in [3.8, 4) is 23.5 Å². The van der Waals surface area contributed by atoms with E-state index in [1.165, 1.54) is 6.20 Å². The summed E-state index contributed by atoms with van der Waals surface area (Å²) in [6, 6.07) is 3.96. The monoisotopic (exact) mass is 270 g/mol. The highest BCUT2D eigenvalue weighted by Gasteiger charge is 2.09. The fourth-order valence-corrected chi connectivity index (χ4v) is 1.48. The lowest BCUT2D eigenvalue weighted by Gasteiger charge is -2.07. The predicted molar refractivity (Wildman–Crippen MR) is 73.1 cm³/mol. The van der Waals surface area contributed by atoms with Crippen LogP contribution < -0.4 is 10.1 Å². The Morgan fingerprint density at radius 3 is 2.85 bits per heavy atom. The van der Waals surface area contributed by atoms with E-state index >= 15 is 0 Å². The third-order valence-corrected chi connectivity index (χ3v) is 2.40. The number of nitriles is 1. The highest BCUT2D eigenvalue weighted by molar-refractivity contribution is 5.57. The van der Waals surface area contributed by atoms with E-state index in [-0.39, 0.29) is 6.01 Å². The van der Waals surface area contributed by atoms with E-state index in [1.807, 2.05) is 13.0 Å². The molecule has 0 radical (unpaired) electrons. The first-order valence-corrected chi connectivity index (χ1v) is 6.19. The van der Waals surface area contributed by atoms with Crippen LogP contribution in [-0.2, 0) is 0 Å². The lowest BCUT2D eigenvalue weighted by Crippen LogP contribution is -2.06. The molecule has 7 heteroatoms. The lowest BCUT2D eigenvalue weighted by atomic mass is 10.2. The van der Waals surface area contributed by atoms with Gasteiger partial charge in [-0.15, -0.1) is 0 Å². The summed E-state index contributed by atoms with van der Waals surface area (Å²) in [6.45, 7) is 2.53. The van der Waals surface area contributed by atoms with Crippen LogP contribution >= 0.6 is 0 Å². The number of anilines is 1. The summed E-state index contributed by atoms with van der Waals surface area (Å²) in [5.41, 5.74) is 1.09. The van der Waals surface area contributed by atoms with Crippen LogP contribution in [0, 0.1) is 11.3 Å². The molecule has 0 unspecified atom stereocenters. The molecule has 102 valence electrons. The van der Waals surface area contributed by atoms with Crippen LogP contribution in [-0.4, -0.2) is 33.6 Å². The second-order valence-electron chi connectivity index (χ2n) is 3.94. The normalized spacial score (nSPS) is 9.85. The summed E-state index contributed by atoms with van der Waals surface area (Å²) in [4.78, 5) is 16.6. The molecule has 0 aliphatic carbocycles. The average Bonchev–Trinajstić information content (AvgIpc) is 2.52. The van der Waals surface area contributed by atoms with Crippen molar-refractivity contribution in [1.29, 1.82) is 5.26 Å². The van der Waals surface area contributed by atoms with E-state index in [9.17, 15) is 0 Å². The van der Waals surface area contributed by atoms with Gasteiger partial charge < -0.3 is 10.1 Å². The Morgan fingerprint density at radius 1 is 1.30 bits per heavy atom. The summed E-state index contributed by atoms with van der Waals surface area (Å²) < 4.78 is 5.43. The van der Waals surface area contributed by atoms with Gasteiger partial charge in [-0.25, -0.2) is 0 Å². The van der Waals surface area contributed by atoms with Crippen LogP contribution in [0.5, 0.6) is 6.01 Å². The number of nitrogens with zero attached hydrogens (tertiary/aromatic N) is 5. The highest BCUT2D eigenvalue weighted by atomic mass is 16.5. The lowest BCUT2D eigenvalue weighted by molar-refractivity contribution is 0.292. The second kappa shape index (κ2) is 6.43. The van der Waals surface area contributed by atoms with Crippen LogP contribution in [0.1, 0.15) is 18.9 Å². The van der Waals surface area contributed by atoms with Gasteiger partial charge in [0.2, 0.25) is 5.95 Å². The SMILES string of the molecule is CCCOc1nc(NC)nc(-c2cncc(C#N)c2)n1. The van der Waals surface area contributed by atoms with Crippen molar-refractivity contribution in [3.05, 3.63) is 24.0 Å². The maximum Gasteiger partial charge on any atom is 0.321 e. The predicted octanol–water partition coefficient (Wildman–Crippen LogP) is 1.64. The summed E-state index contributed by atoms with van der Waals surface area (Å²) in [6.07, 6.45) is 3.94. The van der Waals surface area contributed by atoms with Crippen LogP contribution in [0.25, 0.3) is 11.4 Å². The Bertz CT molecular complexity index is 637. The standard InChI is InChI=1S/C13H14N6O/c1-3-4-20-13-18-11(17-12(15-2)19-13)10-5-9(6-14)7-16-8-10/h5,7-8H,3-4H2,1-2H3,(H,15,17,18,19). The number of rotatable bonds is 5. The first-order valence-electron chi connectivity index (χ1n) is 6.19. The molecule has 0 saturated heterocycles. The van der Waals surface area contributed by atoms with Gasteiger partial charge in [-0.3, -0.25) is 4.98 Å². The zero-order chi connectivity index (χ0) is 14.4. The van der Waals surface area contributed by atoms with Gasteiger partial charge in [-0.2, -0.15) is 20.2 Å². The molecule has 0 saturated carbocycles. The molecular formula is C13H14N6O. The summed E-state index contributed by atoms with van der Waals surface area (Å²) in [7, 11) is 1.71. The largest absolute Gasteiger partial charge is 0.463 e. The molecule has 0 aromatic carbocycles. The highest BCUT2D eigenvalue weighted by Crippen LogP contribution is 2.18. The number of hydrogen-bond acceptors (Lipinski definition) is 7. The smallest absolute Gasteiger partial charge is 0.321 e. The van der Waals surface area contributed by atoms with E-state index in [0.717, 1.165) is 6.42 Å². The number of aromatic nitrogens is 4. The Labute approximate surface area is 116 Å². The van der Waals surface area contributed by atoms with Gasteiger partial charge in [0.15, 0.2) is 5.82 Å². The fraction of sp³-hybridized carbons (Fsp3) is 0.308. The van der Waals surface area contributed by atoms with Gasteiger partial charge in [0, 0.05) is 25.0 Å². The Morgan fingerprint density at radius 2 is 2.15 bits per heavy atom. The van der Waals surface area contributed by atoms with E-state index < -0.39 is 0 Å². The third-order valence-electron chi connectivity index (χ3n) is 2.40. The summed E-state index contributed by atoms with van der Waals surface area (Å²) in [5, 5.41) is 11.8. The maximum absolute atomic E-state index is 8.90. The third kappa shape index (κ3) is 3.17. The quantitative estimate of drug-likeness (QED) is 0.881. The van der Waals surface area contributed by atoms with Crippen molar-refractivity contribution in [3.63, 3.8) is 0 Å². The molecule has 0 spiro atoms. The molecule has 7 nitrogen and oxygen atoms in total. The molecule has 0 amide bonds. The van der Waals surface area contributed by atoms with Crippen LogP contribution in [0.2, 0.25) is 0 Å². The minimum atomic E-state index is 0.253. The molecule has 2 heterocycles. The molecule has 2 aromatic heterocycles. The molecule has 2 rings (SSSR count). The van der Waals surface area contributed by atoms with Crippen LogP contribution in [0.15, 0.2) is 18.5 Å². The van der Waals surface area contributed by atoms with Gasteiger partial charge in [0.05, 0.1) is 12.2 Å². The minimum Gasteiger partial charge on any atom is -0.463 e. The van der Waals surface area contributed by atoms with E-state index in [2.05, 4.69) is 25.3 Å². The van der Waals surface area contributed by atoms with Gasteiger partial charge in [0.1, 0.15) is 6.07 Å². The first-order chi connectivity index (χ1) is 9.76. The molecule has 2 aromatic rings. The molecule has 0 atom stereocenters. The Kier molecular flexibility index (Phi) is 4.39.